The molecule has 78 valence electrons. The molecule has 16 heavy (non-hydrogen) atoms. The Morgan fingerprint density at radius 3 is 2.88 bits per heavy atom. The van der Waals surface area contributed by atoms with Crippen LogP contribution < -0.4 is 5.56 Å². The molecule has 3 aromatic rings. The van der Waals surface area contributed by atoms with Gasteiger partial charge in [0.2, 0.25) is 0 Å². The summed E-state index contributed by atoms with van der Waals surface area (Å²) in [6.45, 7) is -2.27. The summed E-state index contributed by atoms with van der Waals surface area (Å²) in [7, 11) is 0. The fourth-order valence-corrected chi connectivity index (χ4v) is 1.93. The molecule has 0 spiro atoms. The molecule has 1 aromatic carbocycles. The maximum absolute atomic E-state index is 11.9. The van der Waals surface area contributed by atoms with Crippen molar-refractivity contribution in [3.05, 3.63) is 52.6 Å². The Hall–Kier alpha value is -2.16. The summed E-state index contributed by atoms with van der Waals surface area (Å²) in [5, 5.41) is 1.65. The van der Waals surface area contributed by atoms with Crippen molar-refractivity contribution in [1.82, 2.24) is 9.97 Å². The Bertz CT molecular complexity index is 837. The summed E-state index contributed by atoms with van der Waals surface area (Å²) in [5.41, 5.74) is 0.349. The fraction of sp³-hybridized carbons (Fsp3) is 0.0769. The Labute approximate surface area is 96.0 Å². The molecule has 0 aliphatic heterocycles. The lowest BCUT2D eigenvalue weighted by Crippen LogP contribution is -2.06. The average Bonchev–Trinajstić information content (AvgIpc) is 2.37. The zero-order chi connectivity index (χ0) is 13.6. The van der Waals surface area contributed by atoms with Crippen LogP contribution in [0.15, 0.2) is 41.5 Å². The molecule has 3 rings (SSSR count). The zero-order valence-electron chi connectivity index (χ0n) is 11.3. The normalized spacial score (nSPS) is 14.6. The van der Waals surface area contributed by atoms with E-state index in [4.69, 9.17) is 4.11 Å². The van der Waals surface area contributed by atoms with Crippen molar-refractivity contribution < 1.29 is 4.11 Å². The van der Waals surface area contributed by atoms with Gasteiger partial charge < -0.3 is 4.98 Å². The molecule has 0 radical (unpaired) electrons. The number of hydrogen-bond acceptors (Lipinski definition) is 2. The van der Waals surface area contributed by atoms with Crippen molar-refractivity contribution >= 4 is 21.7 Å². The summed E-state index contributed by atoms with van der Waals surface area (Å²) >= 11 is 0. The number of H-pyrrole nitrogens is 1. The number of aromatic nitrogens is 2. The van der Waals surface area contributed by atoms with Crippen molar-refractivity contribution in [1.29, 1.82) is 0 Å². The van der Waals surface area contributed by atoms with Crippen LogP contribution in [0, 0.1) is 6.85 Å². The monoisotopic (exact) mass is 213 g/mol. The highest BCUT2D eigenvalue weighted by atomic mass is 16.1. The maximum Gasteiger partial charge on any atom is 0.256 e. The fourth-order valence-electron chi connectivity index (χ4n) is 1.93. The van der Waals surface area contributed by atoms with Crippen LogP contribution in [0.2, 0.25) is 0 Å². The minimum atomic E-state index is -2.27. The van der Waals surface area contributed by atoms with Crippen molar-refractivity contribution in [3.63, 3.8) is 0 Å². The van der Waals surface area contributed by atoms with Gasteiger partial charge in [0, 0.05) is 21.1 Å². The number of hydrogen-bond donors (Lipinski definition) is 1. The number of aromatic amines is 1. The first-order chi connectivity index (χ1) is 8.98. The number of benzene rings is 1. The molecule has 3 nitrogen and oxygen atoms in total. The van der Waals surface area contributed by atoms with Gasteiger partial charge in [0.05, 0.1) is 11.7 Å². The highest BCUT2D eigenvalue weighted by Gasteiger charge is 2.06. The van der Waals surface area contributed by atoms with Crippen LogP contribution in [0.3, 0.4) is 0 Å². The lowest BCUT2D eigenvalue weighted by molar-refractivity contribution is 1.26. The SMILES string of the molecule is [2H]C([2H])([2H])c1cncc2[nH]c(=O)c3ccccc3c12. The molecular weight excluding hydrogens is 200 g/mol. The standard InChI is InChI=1S/C13H10N2O/c1-8-6-14-7-11-12(8)9-4-2-3-5-10(9)13(16)15-11/h2-7H,1H3,(H,15,16)/i1D3. The highest BCUT2D eigenvalue weighted by molar-refractivity contribution is 6.06. The molecule has 3 heteroatoms. The van der Waals surface area contributed by atoms with Crippen molar-refractivity contribution in [2.24, 2.45) is 0 Å². The molecule has 0 atom stereocenters. The van der Waals surface area contributed by atoms with Gasteiger partial charge in [-0.25, -0.2) is 0 Å². The molecule has 0 unspecified atom stereocenters. The Balaban J connectivity index is 2.62. The van der Waals surface area contributed by atoms with Crippen LogP contribution in [0.1, 0.15) is 9.68 Å². The van der Waals surface area contributed by atoms with E-state index in [1.54, 1.807) is 24.3 Å². The van der Waals surface area contributed by atoms with Gasteiger partial charge in [-0.3, -0.25) is 9.78 Å². The molecule has 0 saturated carbocycles. The van der Waals surface area contributed by atoms with Crippen LogP contribution in [0.4, 0.5) is 0 Å². The van der Waals surface area contributed by atoms with Crippen molar-refractivity contribution in [2.75, 3.05) is 0 Å². The van der Waals surface area contributed by atoms with E-state index in [2.05, 4.69) is 9.97 Å². The van der Waals surface area contributed by atoms with Crippen LogP contribution in [-0.4, -0.2) is 9.97 Å². The molecule has 1 N–H and O–H groups in total. The molecule has 0 bridgehead atoms. The van der Waals surface area contributed by atoms with Crippen molar-refractivity contribution in [2.45, 2.75) is 6.85 Å². The summed E-state index contributed by atoms with van der Waals surface area (Å²) < 4.78 is 22.8. The number of pyridine rings is 2. The quantitative estimate of drug-likeness (QED) is 0.583. The van der Waals surface area contributed by atoms with E-state index < -0.39 is 6.85 Å². The molecule has 0 amide bonds. The third-order valence-corrected chi connectivity index (χ3v) is 2.64. The number of rotatable bonds is 0. The molecule has 0 fully saturated rings. The minimum absolute atomic E-state index is 0.150. The second-order valence-corrected chi connectivity index (χ2v) is 3.61. The first-order valence-electron chi connectivity index (χ1n) is 6.38. The number of nitrogens with zero attached hydrogens (tertiary/aromatic N) is 1. The van der Waals surface area contributed by atoms with Crippen molar-refractivity contribution in [3.8, 4) is 0 Å². The Morgan fingerprint density at radius 1 is 1.25 bits per heavy atom. The highest BCUT2D eigenvalue weighted by Crippen LogP contribution is 2.22. The van der Waals surface area contributed by atoms with E-state index in [0.29, 0.717) is 21.7 Å². The van der Waals surface area contributed by atoms with Crippen LogP contribution in [0.5, 0.6) is 0 Å². The minimum Gasteiger partial charge on any atom is -0.320 e. The van der Waals surface area contributed by atoms with Gasteiger partial charge in [-0.1, -0.05) is 18.2 Å². The van der Waals surface area contributed by atoms with Gasteiger partial charge in [0.1, 0.15) is 0 Å². The smallest absolute Gasteiger partial charge is 0.256 e. The van der Waals surface area contributed by atoms with Crippen LogP contribution >= 0.6 is 0 Å². The summed E-state index contributed by atoms with van der Waals surface area (Å²) in [6.07, 6.45) is 2.80. The summed E-state index contributed by atoms with van der Waals surface area (Å²) in [5.74, 6) is 0. The lowest BCUT2D eigenvalue weighted by atomic mass is 10.0. The third-order valence-electron chi connectivity index (χ3n) is 2.64. The third kappa shape index (κ3) is 1.15. The number of fused-ring (bicyclic) bond motifs is 3. The molecule has 2 heterocycles. The predicted octanol–water partition coefficient (Wildman–Crippen LogP) is 2.38. The van der Waals surface area contributed by atoms with E-state index in [9.17, 15) is 4.79 Å². The number of aryl methyl sites for hydroxylation is 1. The second-order valence-electron chi connectivity index (χ2n) is 3.61. The van der Waals surface area contributed by atoms with E-state index in [1.807, 2.05) is 0 Å². The lowest BCUT2D eigenvalue weighted by Gasteiger charge is -2.05. The average molecular weight is 213 g/mol. The maximum atomic E-state index is 11.9. The van der Waals surface area contributed by atoms with Crippen LogP contribution in [0.25, 0.3) is 21.7 Å². The summed E-state index contributed by atoms with van der Waals surface area (Å²) in [6, 6.07) is 6.96. The van der Waals surface area contributed by atoms with Crippen LogP contribution in [-0.2, 0) is 0 Å². The van der Waals surface area contributed by atoms with E-state index in [0.717, 1.165) is 0 Å². The second kappa shape index (κ2) is 3.17. The zero-order valence-corrected chi connectivity index (χ0v) is 8.32. The predicted molar refractivity (Wildman–Crippen MR) is 64.6 cm³/mol. The van der Waals surface area contributed by atoms with E-state index in [-0.39, 0.29) is 11.1 Å². The van der Waals surface area contributed by atoms with Gasteiger partial charge in [-0.05, 0) is 23.9 Å². The first-order valence-corrected chi connectivity index (χ1v) is 4.88. The van der Waals surface area contributed by atoms with Gasteiger partial charge >= 0.3 is 0 Å². The van der Waals surface area contributed by atoms with Gasteiger partial charge in [0.25, 0.3) is 5.56 Å². The molecule has 2 aromatic heterocycles. The molecular formula is C13H10N2O. The summed E-state index contributed by atoms with van der Waals surface area (Å²) in [4.78, 5) is 18.5. The topological polar surface area (TPSA) is 45.8 Å². The van der Waals surface area contributed by atoms with Gasteiger partial charge in [-0.15, -0.1) is 0 Å². The van der Waals surface area contributed by atoms with Gasteiger partial charge in [0.15, 0.2) is 0 Å². The molecule has 0 aliphatic carbocycles. The van der Waals surface area contributed by atoms with E-state index >= 15 is 0 Å². The molecule has 0 aliphatic rings. The van der Waals surface area contributed by atoms with Gasteiger partial charge in [-0.2, -0.15) is 0 Å². The first kappa shape index (κ1) is 6.43. The Morgan fingerprint density at radius 2 is 2.06 bits per heavy atom. The molecule has 0 saturated heterocycles. The Kier molecular flexibility index (Phi) is 1.27. The largest absolute Gasteiger partial charge is 0.320 e. The number of nitrogens with one attached hydrogen (secondary N) is 1. The van der Waals surface area contributed by atoms with E-state index in [1.165, 1.54) is 12.4 Å².